The molecule has 0 heterocycles. The van der Waals surface area contributed by atoms with Gasteiger partial charge in [0.05, 0.1) is 16.8 Å². The topological polar surface area (TPSA) is 113 Å². The van der Waals surface area contributed by atoms with Crippen LogP contribution in [0.1, 0.15) is 10.4 Å². The Labute approximate surface area is 195 Å². The van der Waals surface area contributed by atoms with Crippen molar-refractivity contribution in [1.29, 1.82) is 0 Å². The summed E-state index contributed by atoms with van der Waals surface area (Å²) in [5, 5.41) is 2.68. The standard InChI is InChI=1S/C21H20BrN3O5S2/c1-25(31(2,27)28)19-11-3-15(4-12-19)21(26)23-17-9-13-20(14-10-17)32(29,30)24-18-7-5-16(22)6-8-18/h3-14,24H,1-2H3,(H,23,26). The van der Waals surface area contributed by atoms with Crippen molar-refractivity contribution in [3.8, 4) is 0 Å². The quantitative estimate of drug-likeness (QED) is 0.474. The van der Waals surface area contributed by atoms with E-state index in [1.807, 2.05) is 0 Å². The fourth-order valence-corrected chi connectivity index (χ4v) is 4.49. The molecule has 32 heavy (non-hydrogen) atoms. The summed E-state index contributed by atoms with van der Waals surface area (Å²) in [6.45, 7) is 0. The van der Waals surface area contributed by atoms with Crippen LogP contribution in [0.2, 0.25) is 0 Å². The lowest BCUT2D eigenvalue weighted by Crippen LogP contribution is -2.24. The second-order valence-corrected chi connectivity index (χ2v) is 11.5. The zero-order valence-electron chi connectivity index (χ0n) is 17.1. The molecule has 0 fully saturated rings. The second kappa shape index (κ2) is 9.31. The Balaban J connectivity index is 1.68. The monoisotopic (exact) mass is 537 g/mol. The summed E-state index contributed by atoms with van der Waals surface area (Å²) in [4.78, 5) is 12.5. The highest BCUT2D eigenvalue weighted by Crippen LogP contribution is 2.21. The summed E-state index contributed by atoms with van der Waals surface area (Å²) in [5.41, 5.74) is 1.59. The predicted octanol–water partition coefficient (Wildman–Crippen LogP) is 3.90. The lowest BCUT2D eigenvalue weighted by molar-refractivity contribution is 0.102. The molecule has 0 saturated heterocycles. The van der Waals surface area contributed by atoms with Gasteiger partial charge in [-0.2, -0.15) is 0 Å². The van der Waals surface area contributed by atoms with Gasteiger partial charge in [0.15, 0.2) is 0 Å². The smallest absolute Gasteiger partial charge is 0.261 e. The van der Waals surface area contributed by atoms with E-state index in [9.17, 15) is 21.6 Å². The summed E-state index contributed by atoms with van der Waals surface area (Å²) in [5.74, 6) is -0.415. The van der Waals surface area contributed by atoms with E-state index in [1.54, 1.807) is 24.3 Å². The number of hydrogen-bond donors (Lipinski definition) is 2. The average molecular weight is 538 g/mol. The summed E-state index contributed by atoms with van der Waals surface area (Å²) in [6.07, 6.45) is 1.09. The molecule has 0 aliphatic carbocycles. The summed E-state index contributed by atoms with van der Waals surface area (Å²) < 4.78 is 52.7. The van der Waals surface area contributed by atoms with E-state index >= 15 is 0 Å². The molecule has 0 bridgehead atoms. The van der Waals surface area contributed by atoms with E-state index in [0.29, 0.717) is 22.6 Å². The molecule has 8 nitrogen and oxygen atoms in total. The van der Waals surface area contributed by atoms with Crippen LogP contribution in [0.3, 0.4) is 0 Å². The maximum atomic E-state index is 12.5. The number of carbonyl (C=O) groups is 1. The molecule has 0 atom stereocenters. The van der Waals surface area contributed by atoms with Crippen molar-refractivity contribution in [2.75, 3.05) is 27.6 Å². The number of sulfonamides is 2. The van der Waals surface area contributed by atoms with E-state index < -0.39 is 26.0 Å². The van der Waals surface area contributed by atoms with Gasteiger partial charge in [-0.15, -0.1) is 0 Å². The van der Waals surface area contributed by atoms with Crippen LogP contribution >= 0.6 is 15.9 Å². The third-order valence-electron chi connectivity index (χ3n) is 4.51. The first-order chi connectivity index (χ1) is 15.0. The van der Waals surface area contributed by atoms with Gasteiger partial charge in [0.2, 0.25) is 10.0 Å². The molecule has 3 aromatic carbocycles. The zero-order valence-corrected chi connectivity index (χ0v) is 20.3. The molecule has 0 unspecified atom stereocenters. The minimum absolute atomic E-state index is 0.0478. The maximum absolute atomic E-state index is 12.5. The maximum Gasteiger partial charge on any atom is 0.261 e. The van der Waals surface area contributed by atoms with Crippen molar-refractivity contribution in [3.63, 3.8) is 0 Å². The van der Waals surface area contributed by atoms with Crippen molar-refractivity contribution in [2.45, 2.75) is 4.90 Å². The highest BCUT2D eigenvalue weighted by molar-refractivity contribution is 9.10. The molecule has 0 aliphatic rings. The largest absolute Gasteiger partial charge is 0.322 e. The summed E-state index contributed by atoms with van der Waals surface area (Å²) in [6, 6.07) is 18.5. The van der Waals surface area contributed by atoms with Crippen LogP contribution in [0.4, 0.5) is 17.1 Å². The number of benzene rings is 3. The van der Waals surface area contributed by atoms with Gasteiger partial charge in [-0.05, 0) is 72.8 Å². The van der Waals surface area contributed by atoms with E-state index in [4.69, 9.17) is 0 Å². The lowest BCUT2D eigenvalue weighted by atomic mass is 10.2. The minimum atomic E-state index is -3.78. The second-order valence-electron chi connectivity index (χ2n) is 6.87. The van der Waals surface area contributed by atoms with E-state index in [2.05, 4.69) is 26.0 Å². The zero-order chi connectivity index (χ0) is 23.5. The number of nitrogens with zero attached hydrogens (tertiary/aromatic N) is 1. The first kappa shape index (κ1) is 23.8. The molecule has 1 amide bonds. The SMILES string of the molecule is CN(c1ccc(C(=O)Nc2ccc(S(=O)(=O)Nc3ccc(Br)cc3)cc2)cc1)S(C)(=O)=O. The first-order valence-corrected chi connectivity index (χ1v) is 13.3. The van der Waals surface area contributed by atoms with Gasteiger partial charge in [-0.3, -0.25) is 13.8 Å². The van der Waals surface area contributed by atoms with Crippen molar-refractivity contribution in [2.24, 2.45) is 0 Å². The van der Waals surface area contributed by atoms with Crippen LogP contribution in [0.5, 0.6) is 0 Å². The van der Waals surface area contributed by atoms with Gasteiger partial charge < -0.3 is 5.32 Å². The Hall–Kier alpha value is -2.89. The van der Waals surface area contributed by atoms with Crippen LogP contribution < -0.4 is 14.3 Å². The summed E-state index contributed by atoms with van der Waals surface area (Å²) in [7, 11) is -5.76. The van der Waals surface area contributed by atoms with E-state index in [0.717, 1.165) is 15.0 Å². The Bertz CT molecular complexity index is 1320. The Morgan fingerprint density at radius 1 is 0.812 bits per heavy atom. The Morgan fingerprint density at radius 2 is 1.34 bits per heavy atom. The molecule has 0 radical (unpaired) electrons. The lowest BCUT2D eigenvalue weighted by Gasteiger charge is -2.16. The molecule has 2 N–H and O–H groups in total. The van der Waals surface area contributed by atoms with Crippen molar-refractivity contribution < 1.29 is 21.6 Å². The molecule has 168 valence electrons. The number of halogens is 1. The van der Waals surface area contributed by atoms with E-state index in [-0.39, 0.29) is 4.90 Å². The molecule has 3 rings (SSSR count). The minimum Gasteiger partial charge on any atom is -0.322 e. The summed E-state index contributed by atoms with van der Waals surface area (Å²) >= 11 is 3.29. The highest BCUT2D eigenvalue weighted by Gasteiger charge is 2.15. The fraction of sp³-hybridized carbons (Fsp3) is 0.0952. The number of hydrogen-bond acceptors (Lipinski definition) is 5. The third kappa shape index (κ3) is 5.87. The number of rotatable bonds is 7. The van der Waals surface area contributed by atoms with Gasteiger partial charge in [0.1, 0.15) is 0 Å². The van der Waals surface area contributed by atoms with E-state index in [1.165, 1.54) is 55.6 Å². The van der Waals surface area contributed by atoms with Gasteiger partial charge in [-0.1, -0.05) is 15.9 Å². The number of carbonyl (C=O) groups excluding carboxylic acids is 1. The molecule has 0 spiro atoms. The van der Waals surface area contributed by atoms with Crippen LogP contribution in [0.25, 0.3) is 0 Å². The molecule has 0 aromatic heterocycles. The number of anilines is 3. The van der Waals surface area contributed by atoms with Crippen LogP contribution in [-0.2, 0) is 20.0 Å². The van der Waals surface area contributed by atoms with Crippen LogP contribution in [0, 0.1) is 0 Å². The van der Waals surface area contributed by atoms with Crippen LogP contribution in [-0.4, -0.2) is 36.0 Å². The molecule has 3 aromatic rings. The molecular formula is C21H20BrN3O5S2. The molecular weight excluding hydrogens is 518 g/mol. The molecule has 0 aliphatic heterocycles. The fourth-order valence-electron chi connectivity index (χ4n) is 2.67. The number of amides is 1. The van der Waals surface area contributed by atoms with Crippen molar-refractivity contribution >= 4 is 58.9 Å². The molecule has 0 saturated carbocycles. The first-order valence-electron chi connectivity index (χ1n) is 9.19. The van der Waals surface area contributed by atoms with Gasteiger partial charge in [0.25, 0.3) is 15.9 Å². The van der Waals surface area contributed by atoms with Crippen molar-refractivity contribution in [3.05, 3.63) is 82.8 Å². The van der Waals surface area contributed by atoms with Crippen LogP contribution in [0.15, 0.2) is 82.2 Å². The third-order valence-corrected chi connectivity index (χ3v) is 7.64. The normalized spacial score (nSPS) is 11.6. The van der Waals surface area contributed by atoms with Gasteiger partial charge >= 0.3 is 0 Å². The van der Waals surface area contributed by atoms with Crippen molar-refractivity contribution in [1.82, 2.24) is 0 Å². The molecule has 11 heteroatoms. The predicted molar refractivity (Wildman–Crippen MR) is 129 cm³/mol. The Morgan fingerprint density at radius 3 is 1.88 bits per heavy atom. The highest BCUT2D eigenvalue weighted by atomic mass is 79.9. The number of nitrogens with one attached hydrogen (secondary N) is 2. The van der Waals surface area contributed by atoms with Gasteiger partial charge in [0, 0.05) is 28.5 Å². The van der Waals surface area contributed by atoms with Gasteiger partial charge in [-0.25, -0.2) is 16.8 Å². The Kier molecular flexibility index (Phi) is 6.91. The average Bonchev–Trinajstić information content (AvgIpc) is 2.74.